The van der Waals surface area contributed by atoms with Crippen LogP contribution in [0.25, 0.3) is 0 Å². The summed E-state index contributed by atoms with van der Waals surface area (Å²) in [5.74, 6) is 0.224. The average molecular weight is 589 g/mol. The number of methoxy groups -OCH3 is 2. The summed E-state index contributed by atoms with van der Waals surface area (Å²) in [5.41, 5.74) is 0.992. The van der Waals surface area contributed by atoms with Crippen molar-refractivity contribution < 1.29 is 31.1 Å². The van der Waals surface area contributed by atoms with E-state index in [4.69, 9.17) is 9.47 Å². The number of sulfonamides is 2. The summed E-state index contributed by atoms with van der Waals surface area (Å²) in [6, 6.07) is 15.9. The van der Waals surface area contributed by atoms with Crippen molar-refractivity contribution in [3.8, 4) is 11.5 Å². The second-order valence-corrected chi connectivity index (χ2v) is 12.5. The highest BCUT2D eigenvalue weighted by molar-refractivity contribution is 7.93. The smallest absolute Gasteiger partial charge is 0.264 e. The maximum atomic E-state index is 13.1. The zero-order chi connectivity index (χ0) is 28.2. The van der Waals surface area contributed by atoms with Gasteiger partial charge >= 0.3 is 0 Å². The zero-order valence-corrected chi connectivity index (χ0v) is 23.4. The van der Waals surface area contributed by atoms with Gasteiger partial charge in [0.2, 0.25) is 0 Å². The lowest BCUT2D eigenvalue weighted by Crippen LogP contribution is -2.26. The van der Waals surface area contributed by atoms with Crippen LogP contribution in [0.2, 0.25) is 0 Å². The molecule has 0 bridgehead atoms. The third-order valence-corrected chi connectivity index (χ3v) is 9.54. The van der Waals surface area contributed by atoms with Gasteiger partial charge in [-0.05, 0) is 60.7 Å². The molecule has 0 fully saturated rings. The molecule has 0 aliphatic heterocycles. The van der Waals surface area contributed by atoms with Crippen LogP contribution in [-0.4, -0.2) is 49.0 Å². The van der Waals surface area contributed by atoms with Crippen LogP contribution >= 0.6 is 11.3 Å². The van der Waals surface area contributed by atoms with E-state index in [0.717, 1.165) is 15.6 Å². The molecule has 2 N–H and O–H groups in total. The number of thiazole rings is 1. The quantitative estimate of drug-likeness (QED) is 0.283. The molecule has 0 atom stereocenters. The Morgan fingerprint density at radius 2 is 1.51 bits per heavy atom. The molecule has 14 heteroatoms. The fourth-order valence-corrected chi connectivity index (χ4v) is 6.47. The number of anilines is 3. The van der Waals surface area contributed by atoms with Crippen LogP contribution in [0, 0.1) is 0 Å². The van der Waals surface area contributed by atoms with Gasteiger partial charge in [0.15, 0.2) is 16.6 Å². The third-order valence-electron chi connectivity index (χ3n) is 5.58. The first kappa shape index (κ1) is 27.9. The molecule has 0 saturated heterocycles. The average Bonchev–Trinajstić information content (AvgIpc) is 3.44. The van der Waals surface area contributed by atoms with Crippen molar-refractivity contribution in [2.45, 2.75) is 9.79 Å². The Bertz CT molecular complexity index is 1670. The highest BCUT2D eigenvalue weighted by Crippen LogP contribution is 2.31. The van der Waals surface area contributed by atoms with Gasteiger partial charge in [-0.3, -0.25) is 13.8 Å². The van der Waals surface area contributed by atoms with Crippen LogP contribution in [0.4, 0.5) is 16.5 Å². The molecule has 1 aromatic heterocycles. The number of carbonyl (C=O) groups is 1. The Balaban J connectivity index is 1.44. The molecule has 4 rings (SSSR count). The third kappa shape index (κ3) is 6.13. The zero-order valence-electron chi connectivity index (χ0n) is 21.0. The molecule has 0 aliphatic carbocycles. The van der Waals surface area contributed by atoms with E-state index >= 15 is 0 Å². The summed E-state index contributed by atoms with van der Waals surface area (Å²) in [6.07, 6.45) is 1.49. The number of carbonyl (C=O) groups excluding carboxylic acids is 1. The maximum absolute atomic E-state index is 13.1. The number of hydrogen-bond acceptors (Lipinski definition) is 9. The molecule has 0 unspecified atom stereocenters. The monoisotopic (exact) mass is 588 g/mol. The van der Waals surface area contributed by atoms with Crippen LogP contribution in [-0.2, 0) is 20.0 Å². The predicted molar refractivity (Wildman–Crippen MR) is 149 cm³/mol. The number of rotatable bonds is 10. The van der Waals surface area contributed by atoms with Gasteiger partial charge in [0.1, 0.15) is 0 Å². The highest BCUT2D eigenvalue weighted by atomic mass is 32.2. The lowest BCUT2D eigenvalue weighted by molar-refractivity contribution is 0.102. The van der Waals surface area contributed by atoms with Gasteiger partial charge < -0.3 is 14.8 Å². The number of hydrogen-bond donors (Lipinski definition) is 2. The van der Waals surface area contributed by atoms with Gasteiger partial charge in [0, 0.05) is 35.9 Å². The molecular formula is C25H24N4O7S3. The largest absolute Gasteiger partial charge is 0.493 e. The molecule has 39 heavy (non-hydrogen) atoms. The number of nitrogens with one attached hydrogen (secondary N) is 2. The van der Waals surface area contributed by atoms with E-state index in [-0.39, 0.29) is 26.2 Å². The van der Waals surface area contributed by atoms with Crippen LogP contribution in [0.5, 0.6) is 11.5 Å². The van der Waals surface area contributed by atoms with Crippen LogP contribution in [0.15, 0.2) is 88.1 Å². The minimum Gasteiger partial charge on any atom is -0.493 e. The van der Waals surface area contributed by atoms with Crippen molar-refractivity contribution in [2.24, 2.45) is 0 Å². The van der Waals surface area contributed by atoms with Crippen LogP contribution in [0.1, 0.15) is 10.4 Å². The first-order valence-corrected chi connectivity index (χ1v) is 15.0. The first-order valence-electron chi connectivity index (χ1n) is 11.2. The van der Waals surface area contributed by atoms with Gasteiger partial charge in [-0.1, -0.05) is 0 Å². The van der Waals surface area contributed by atoms with E-state index in [1.165, 1.54) is 94.2 Å². The van der Waals surface area contributed by atoms with Crippen molar-refractivity contribution in [1.82, 2.24) is 4.98 Å². The van der Waals surface area contributed by atoms with Gasteiger partial charge in [-0.25, -0.2) is 21.8 Å². The molecule has 11 nitrogen and oxygen atoms in total. The van der Waals surface area contributed by atoms with E-state index < -0.39 is 26.0 Å². The van der Waals surface area contributed by atoms with Gasteiger partial charge in [0.05, 0.1) is 29.7 Å². The number of ether oxygens (including phenoxy) is 2. The summed E-state index contributed by atoms with van der Waals surface area (Å²) in [7, 11) is -3.46. The Morgan fingerprint density at radius 3 is 2.10 bits per heavy atom. The molecular weight excluding hydrogens is 564 g/mol. The molecule has 0 aliphatic rings. The molecule has 0 saturated carbocycles. The van der Waals surface area contributed by atoms with Crippen molar-refractivity contribution in [3.05, 3.63) is 83.9 Å². The minimum absolute atomic E-state index is 0.0109. The van der Waals surface area contributed by atoms with E-state index in [1.54, 1.807) is 5.38 Å². The number of amides is 1. The molecule has 204 valence electrons. The Kier molecular flexibility index (Phi) is 8.09. The fraction of sp³-hybridized carbons (Fsp3) is 0.120. The number of nitrogens with zero attached hydrogens (tertiary/aromatic N) is 2. The topological polar surface area (TPSA) is 144 Å². The van der Waals surface area contributed by atoms with Crippen molar-refractivity contribution in [2.75, 3.05) is 35.6 Å². The van der Waals surface area contributed by atoms with Crippen LogP contribution in [0.3, 0.4) is 0 Å². The van der Waals surface area contributed by atoms with Crippen molar-refractivity contribution in [3.63, 3.8) is 0 Å². The molecule has 1 amide bonds. The second-order valence-electron chi connectivity index (χ2n) is 7.96. The number of benzene rings is 3. The van der Waals surface area contributed by atoms with Crippen molar-refractivity contribution >= 4 is 53.8 Å². The molecule has 3 aromatic carbocycles. The standard InChI is InChI=1S/C25H24N4O7S3/c1-29(39(33,34)21-12-13-22(35-2)23(16-21)36-3)19-8-4-17(5-9-19)24(30)27-18-6-10-20(11-7-18)38(31,32)28-25-26-14-15-37-25/h4-16H,1-3H3,(H,26,28)(H,27,30). The van der Waals surface area contributed by atoms with Gasteiger partial charge in [-0.2, -0.15) is 0 Å². The van der Waals surface area contributed by atoms with Gasteiger partial charge in [-0.15, -0.1) is 11.3 Å². The second kappa shape index (κ2) is 11.3. The van der Waals surface area contributed by atoms with E-state index in [2.05, 4.69) is 15.0 Å². The summed E-state index contributed by atoms with van der Waals surface area (Å²) >= 11 is 1.15. The highest BCUT2D eigenvalue weighted by Gasteiger charge is 2.23. The normalized spacial score (nSPS) is 11.5. The summed E-state index contributed by atoms with van der Waals surface area (Å²) in [4.78, 5) is 16.7. The van der Waals surface area contributed by atoms with E-state index in [0.29, 0.717) is 17.1 Å². The van der Waals surface area contributed by atoms with E-state index in [9.17, 15) is 21.6 Å². The van der Waals surface area contributed by atoms with Gasteiger partial charge in [0.25, 0.3) is 26.0 Å². The summed E-state index contributed by atoms with van der Waals surface area (Å²) in [5, 5.41) is 4.59. The van der Waals surface area contributed by atoms with Crippen LogP contribution < -0.4 is 23.8 Å². The SMILES string of the molecule is COc1ccc(S(=O)(=O)N(C)c2ccc(C(=O)Nc3ccc(S(=O)(=O)Nc4nccs4)cc3)cc2)cc1OC. The Labute approximate surface area is 230 Å². The lowest BCUT2D eigenvalue weighted by Gasteiger charge is -2.20. The summed E-state index contributed by atoms with van der Waals surface area (Å²) < 4.78 is 65.1. The summed E-state index contributed by atoms with van der Waals surface area (Å²) in [6.45, 7) is 0. The molecule has 0 spiro atoms. The Morgan fingerprint density at radius 1 is 0.872 bits per heavy atom. The molecule has 0 radical (unpaired) electrons. The molecule has 1 heterocycles. The predicted octanol–water partition coefficient (Wildman–Crippen LogP) is 4.04. The molecule has 4 aromatic rings. The first-order chi connectivity index (χ1) is 18.5. The minimum atomic E-state index is -3.92. The maximum Gasteiger partial charge on any atom is 0.264 e. The van der Waals surface area contributed by atoms with Crippen molar-refractivity contribution in [1.29, 1.82) is 0 Å². The fourth-order valence-electron chi connectivity index (χ4n) is 3.47. The van der Waals surface area contributed by atoms with E-state index in [1.807, 2.05) is 0 Å². The lowest BCUT2D eigenvalue weighted by atomic mass is 10.2. The Hall–Kier alpha value is -4.14. The number of aromatic nitrogens is 1.